The molecule has 0 radical (unpaired) electrons. The molecule has 0 heterocycles. The van der Waals surface area contributed by atoms with Crippen LogP contribution in [-0.4, -0.2) is 12.2 Å². The fourth-order valence-electron chi connectivity index (χ4n) is 1.25. The van der Waals surface area contributed by atoms with Crippen LogP contribution in [-0.2, 0) is 6.42 Å². The molecule has 0 spiro atoms. The number of methoxy groups -OCH3 is 1. The number of hydrogen-bond acceptors (Lipinski definition) is 2. The van der Waals surface area contributed by atoms with E-state index in [9.17, 15) is 5.11 Å². The van der Waals surface area contributed by atoms with Crippen molar-refractivity contribution in [2.75, 3.05) is 7.11 Å². The highest BCUT2D eigenvalue weighted by Gasteiger charge is 2.04. The van der Waals surface area contributed by atoms with Crippen molar-refractivity contribution in [1.82, 2.24) is 0 Å². The molecular weight excluding hydrogens is 164 g/mol. The third-order valence-corrected chi connectivity index (χ3v) is 2.11. The Morgan fingerprint density at radius 2 is 2.08 bits per heavy atom. The maximum Gasteiger partial charge on any atom is 0.119 e. The van der Waals surface area contributed by atoms with Crippen molar-refractivity contribution in [2.45, 2.75) is 26.4 Å². The number of rotatable bonds is 3. The Balaban J connectivity index is 3.07. The van der Waals surface area contributed by atoms with Gasteiger partial charge in [0, 0.05) is 0 Å². The van der Waals surface area contributed by atoms with Gasteiger partial charge in [0.05, 0.1) is 13.2 Å². The Morgan fingerprint density at radius 3 is 2.54 bits per heavy atom. The third-order valence-electron chi connectivity index (χ3n) is 2.11. The lowest BCUT2D eigenvalue weighted by Crippen LogP contribution is -1.95. The van der Waals surface area contributed by atoms with E-state index in [0.29, 0.717) is 0 Å². The summed E-state index contributed by atoms with van der Waals surface area (Å²) in [5.74, 6) is 0.815. The lowest BCUT2D eigenvalue weighted by Gasteiger charge is -2.09. The number of aliphatic hydroxyl groups excluding tert-OH is 1. The second-order valence-corrected chi connectivity index (χ2v) is 3.14. The molecule has 1 rings (SSSR count). The molecule has 0 aliphatic carbocycles. The second-order valence-electron chi connectivity index (χ2n) is 3.14. The molecule has 2 nitrogen and oxygen atoms in total. The molecule has 1 atom stereocenters. The standard InChI is InChI=1S/C11H16O2/c1-4-9-5-10(8(2)12)7-11(6-9)13-3/h5-8,12H,4H2,1-3H3. The van der Waals surface area contributed by atoms with Gasteiger partial charge in [0.25, 0.3) is 0 Å². The molecule has 1 aromatic rings. The minimum atomic E-state index is -0.430. The van der Waals surface area contributed by atoms with E-state index < -0.39 is 6.10 Å². The zero-order chi connectivity index (χ0) is 9.84. The van der Waals surface area contributed by atoms with Crippen molar-refractivity contribution < 1.29 is 9.84 Å². The Labute approximate surface area is 79.2 Å². The minimum Gasteiger partial charge on any atom is -0.497 e. The first-order chi connectivity index (χ1) is 6.17. The first-order valence-corrected chi connectivity index (χ1v) is 4.53. The molecule has 0 saturated heterocycles. The van der Waals surface area contributed by atoms with Gasteiger partial charge in [-0.25, -0.2) is 0 Å². The maximum atomic E-state index is 9.41. The average Bonchev–Trinajstić information content (AvgIpc) is 2.16. The van der Waals surface area contributed by atoms with E-state index in [1.807, 2.05) is 18.2 Å². The largest absolute Gasteiger partial charge is 0.497 e. The second kappa shape index (κ2) is 4.28. The summed E-state index contributed by atoms with van der Waals surface area (Å²) < 4.78 is 5.14. The Bertz CT molecular complexity index is 257. The average molecular weight is 180 g/mol. The van der Waals surface area contributed by atoms with Crippen LogP contribution >= 0.6 is 0 Å². The molecule has 0 aromatic heterocycles. The summed E-state index contributed by atoms with van der Waals surface area (Å²) in [7, 11) is 1.64. The van der Waals surface area contributed by atoms with Crippen LogP contribution in [0.25, 0.3) is 0 Å². The van der Waals surface area contributed by atoms with Crippen LogP contribution in [0.4, 0.5) is 0 Å². The first kappa shape index (κ1) is 10.1. The summed E-state index contributed by atoms with van der Waals surface area (Å²) in [6.45, 7) is 3.84. The van der Waals surface area contributed by atoms with Crippen LogP contribution in [0, 0.1) is 0 Å². The van der Waals surface area contributed by atoms with Crippen molar-refractivity contribution in [1.29, 1.82) is 0 Å². The molecule has 0 aliphatic rings. The van der Waals surface area contributed by atoms with E-state index in [1.165, 1.54) is 5.56 Å². The molecule has 1 unspecified atom stereocenters. The number of aliphatic hydroxyl groups is 1. The van der Waals surface area contributed by atoms with E-state index in [2.05, 4.69) is 6.92 Å². The lowest BCUT2D eigenvalue weighted by molar-refractivity contribution is 0.198. The molecule has 2 heteroatoms. The SMILES string of the molecule is CCc1cc(OC)cc(C(C)O)c1. The quantitative estimate of drug-likeness (QED) is 0.773. The molecule has 0 amide bonds. The summed E-state index contributed by atoms with van der Waals surface area (Å²) in [5, 5.41) is 9.41. The van der Waals surface area contributed by atoms with Crippen LogP contribution in [0.3, 0.4) is 0 Å². The van der Waals surface area contributed by atoms with Crippen LogP contribution in [0.15, 0.2) is 18.2 Å². The monoisotopic (exact) mass is 180 g/mol. The lowest BCUT2D eigenvalue weighted by atomic mass is 10.0. The fourth-order valence-corrected chi connectivity index (χ4v) is 1.25. The smallest absolute Gasteiger partial charge is 0.119 e. The topological polar surface area (TPSA) is 29.5 Å². The number of benzene rings is 1. The third kappa shape index (κ3) is 2.46. The van der Waals surface area contributed by atoms with Gasteiger partial charge >= 0.3 is 0 Å². The number of aryl methyl sites for hydroxylation is 1. The molecular formula is C11H16O2. The van der Waals surface area contributed by atoms with E-state index in [0.717, 1.165) is 17.7 Å². The van der Waals surface area contributed by atoms with Gasteiger partial charge in [0.2, 0.25) is 0 Å². The molecule has 0 saturated carbocycles. The van der Waals surface area contributed by atoms with Crippen molar-refractivity contribution >= 4 is 0 Å². The van der Waals surface area contributed by atoms with Gasteiger partial charge < -0.3 is 9.84 Å². The fraction of sp³-hybridized carbons (Fsp3) is 0.455. The normalized spacial score (nSPS) is 12.6. The highest BCUT2D eigenvalue weighted by atomic mass is 16.5. The maximum absolute atomic E-state index is 9.41. The van der Waals surface area contributed by atoms with E-state index in [4.69, 9.17) is 4.74 Å². The number of ether oxygens (including phenoxy) is 1. The first-order valence-electron chi connectivity index (χ1n) is 4.53. The Hall–Kier alpha value is -1.02. The van der Waals surface area contributed by atoms with E-state index in [1.54, 1.807) is 14.0 Å². The summed E-state index contributed by atoms with van der Waals surface area (Å²) >= 11 is 0. The molecule has 1 aromatic carbocycles. The van der Waals surface area contributed by atoms with Gasteiger partial charge in [-0.15, -0.1) is 0 Å². The molecule has 0 aliphatic heterocycles. The summed E-state index contributed by atoms with van der Waals surface area (Å²) in [6.07, 6.45) is 0.525. The Kier molecular flexibility index (Phi) is 3.32. The zero-order valence-corrected chi connectivity index (χ0v) is 8.37. The van der Waals surface area contributed by atoms with Crippen LogP contribution in [0.1, 0.15) is 31.1 Å². The predicted molar refractivity (Wildman–Crippen MR) is 53.0 cm³/mol. The minimum absolute atomic E-state index is 0.430. The molecule has 1 N–H and O–H groups in total. The van der Waals surface area contributed by atoms with E-state index >= 15 is 0 Å². The molecule has 0 bridgehead atoms. The summed E-state index contributed by atoms with van der Waals surface area (Å²) in [4.78, 5) is 0. The summed E-state index contributed by atoms with van der Waals surface area (Å²) in [5.41, 5.74) is 2.10. The van der Waals surface area contributed by atoms with Crippen LogP contribution in [0.5, 0.6) is 5.75 Å². The van der Waals surface area contributed by atoms with E-state index in [-0.39, 0.29) is 0 Å². The predicted octanol–water partition coefficient (Wildman–Crippen LogP) is 2.31. The van der Waals surface area contributed by atoms with Gasteiger partial charge in [-0.1, -0.05) is 13.0 Å². The Morgan fingerprint density at radius 1 is 1.38 bits per heavy atom. The van der Waals surface area contributed by atoms with Gasteiger partial charge in [-0.3, -0.25) is 0 Å². The molecule has 13 heavy (non-hydrogen) atoms. The van der Waals surface area contributed by atoms with Crippen molar-refractivity contribution in [3.63, 3.8) is 0 Å². The van der Waals surface area contributed by atoms with Gasteiger partial charge in [0.15, 0.2) is 0 Å². The highest BCUT2D eigenvalue weighted by molar-refractivity contribution is 5.35. The highest BCUT2D eigenvalue weighted by Crippen LogP contribution is 2.21. The zero-order valence-electron chi connectivity index (χ0n) is 8.37. The van der Waals surface area contributed by atoms with Gasteiger partial charge in [-0.2, -0.15) is 0 Å². The van der Waals surface area contributed by atoms with Crippen molar-refractivity contribution in [3.8, 4) is 5.75 Å². The van der Waals surface area contributed by atoms with Crippen molar-refractivity contribution in [3.05, 3.63) is 29.3 Å². The molecule has 0 fully saturated rings. The van der Waals surface area contributed by atoms with Gasteiger partial charge in [-0.05, 0) is 36.6 Å². The molecule has 72 valence electrons. The summed E-state index contributed by atoms with van der Waals surface area (Å²) in [6, 6.07) is 5.86. The van der Waals surface area contributed by atoms with Crippen LogP contribution in [0.2, 0.25) is 0 Å². The van der Waals surface area contributed by atoms with Crippen LogP contribution < -0.4 is 4.74 Å². The number of hydrogen-bond donors (Lipinski definition) is 1. The van der Waals surface area contributed by atoms with Crippen molar-refractivity contribution in [2.24, 2.45) is 0 Å². The van der Waals surface area contributed by atoms with Gasteiger partial charge in [0.1, 0.15) is 5.75 Å².